The van der Waals surface area contributed by atoms with Crippen molar-refractivity contribution in [1.82, 2.24) is 0 Å². The van der Waals surface area contributed by atoms with Crippen molar-refractivity contribution in [2.45, 2.75) is 32.8 Å². The second-order valence-corrected chi connectivity index (χ2v) is 3.93. The maximum atomic E-state index is 9.85. The zero-order valence-electron chi connectivity index (χ0n) is 8.57. The van der Waals surface area contributed by atoms with Gasteiger partial charge in [-0.15, -0.1) is 0 Å². The van der Waals surface area contributed by atoms with E-state index < -0.39 is 0 Å². The van der Waals surface area contributed by atoms with Gasteiger partial charge in [0.05, 0.1) is 6.10 Å². The summed E-state index contributed by atoms with van der Waals surface area (Å²) < 4.78 is 0. The molecule has 1 heteroatoms. The second-order valence-electron chi connectivity index (χ2n) is 3.93. The van der Waals surface area contributed by atoms with Gasteiger partial charge < -0.3 is 5.11 Å². The molecule has 1 rings (SSSR count). The minimum Gasteiger partial charge on any atom is -0.392 e. The molecule has 1 N–H and O–H groups in total. The summed E-state index contributed by atoms with van der Waals surface area (Å²) in [4.78, 5) is 0. The topological polar surface area (TPSA) is 20.2 Å². The van der Waals surface area contributed by atoms with Gasteiger partial charge in [0.1, 0.15) is 0 Å². The second kappa shape index (κ2) is 4.43. The summed E-state index contributed by atoms with van der Waals surface area (Å²) in [5.74, 6) is 0.538. The van der Waals surface area contributed by atoms with Crippen molar-refractivity contribution in [3.05, 3.63) is 35.9 Å². The van der Waals surface area contributed by atoms with Crippen molar-refractivity contribution in [3.8, 4) is 0 Å². The quantitative estimate of drug-likeness (QED) is 0.754. The van der Waals surface area contributed by atoms with Gasteiger partial charge in [-0.05, 0) is 11.5 Å². The van der Waals surface area contributed by atoms with Crippen molar-refractivity contribution < 1.29 is 5.11 Å². The third-order valence-electron chi connectivity index (χ3n) is 2.52. The molecule has 0 saturated heterocycles. The molecule has 13 heavy (non-hydrogen) atoms. The highest BCUT2D eigenvalue weighted by Crippen LogP contribution is 2.23. The number of aliphatic hydroxyl groups is 1. The van der Waals surface area contributed by atoms with E-state index in [4.69, 9.17) is 0 Å². The minimum atomic E-state index is -0.248. The van der Waals surface area contributed by atoms with E-state index in [0.717, 1.165) is 0 Å². The standard InChI is InChI=1S/C12H18O/c1-9(2)12(13)10(3)11-7-5-4-6-8-11/h4-10,12-13H,1-3H3/t10-,12+/m1/s1. The molecule has 1 aromatic rings. The van der Waals surface area contributed by atoms with Gasteiger partial charge in [0, 0.05) is 5.92 Å². The van der Waals surface area contributed by atoms with Crippen LogP contribution in [0.3, 0.4) is 0 Å². The summed E-state index contributed by atoms with van der Waals surface area (Å²) in [6, 6.07) is 10.2. The van der Waals surface area contributed by atoms with Crippen molar-refractivity contribution in [2.75, 3.05) is 0 Å². The molecule has 2 atom stereocenters. The summed E-state index contributed by atoms with van der Waals surface area (Å²) in [5, 5.41) is 9.85. The van der Waals surface area contributed by atoms with E-state index in [1.807, 2.05) is 32.0 Å². The molecule has 0 aromatic heterocycles. The van der Waals surface area contributed by atoms with Gasteiger partial charge >= 0.3 is 0 Å². The Morgan fingerprint density at radius 3 is 2.00 bits per heavy atom. The van der Waals surface area contributed by atoms with Gasteiger partial charge in [-0.3, -0.25) is 0 Å². The van der Waals surface area contributed by atoms with Crippen LogP contribution in [-0.4, -0.2) is 11.2 Å². The summed E-state index contributed by atoms with van der Waals surface area (Å²) in [6.45, 7) is 6.16. The summed E-state index contributed by atoms with van der Waals surface area (Å²) in [6.07, 6.45) is -0.248. The molecule has 1 nitrogen and oxygen atoms in total. The van der Waals surface area contributed by atoms with Crippen LogP contribution in [0.15, 0.2) is 30.3 Å². The van der Waals surface area contributed by atoms with Crippen LogP contribution in [0, 0.1) is 5.92 Å². The molecule has 1 aromatic carbocycles. The van der Waals surface area contributed by atoms with Crippen LogP contribution in [0.4, 0.5) is 0 Å². The Labute approximate surface area is 80.4 Å². The lowest BCUT2D eigenvalue weighted by atomic mass is 9.89. The summed E-state index contributed by atoms with van der Waals surface area (Å²) in [7, 11) is 0. The number of benzene rings is 1. The smallest absolute Gasteiger partial charge is 0.0628 e. The Kier molecular flexibility index (Phi) is 3.49. The first-order valence-corrected chi connectivity index (χ1v) is 4.86. The van der Waals surface area contributed by atoms with E-state index in [-0.39, 0.29) is 12.0 Å². The van der Waals surface area contributed by atoms with Gasteiger partial charge in [-0.25, -0.2) is 0 Å². The zero-order chi connectivity index (χ0) is 9.84. The SMILES string of the molecule is CC(C)[C@H](O)[C@H](C)c1ccccc1. The van der Waals surface area contributed by atoms with Crippen LogP contribution >= 0.6 is 0 Å². The number of hydrogen-bond acceptors (Lipinski definition) is 1. The maximum absolute atomic E-state index is 9.85. The Hall–Kier alpha value is -0.820. The highest BCUT2D eigenvalue weighted by Gasteiger charge is 2.18. The lowest BCUT2D eigenvalue weighted by Gasteiger charge is -2.22. The summed E-state index contributed by atoms with van der Waals surface area (Å²) in [5.41, 5.74) is 1.21. The van der Waals surface area contributed by atoms with Crippen molar-refractivity contribution >= 4 is 0 Å². The van der Waals surface area contributed by atoms with Gasteiger partial charge in [0.15, 0.2) is 0 Å². The average molecular weight is 178 g/mol. The maximum Gasteiger partial charge on any atom is 0.0628 e. The Morgan fingerprint density at radius 1 is 1.00 bits per heavy atom. The third kappa shape index (κ3) is 2.56. The first-order chi connectivity index (χ1) is 6.13. The van der Waals surface area contributed by atoms with Crippen molar-refractivity contribution in [2.24, 2.45) is 5.92 Å². The molecule has 0 saturated carbocycles. The highest BCUT2D eigenvalue weighted by atomic mass is 16.3. The fraction of sp³-hybridized carbons (Fsp3) is 0.500. The fourth-order valence-corrected chi connectivity index (χ4v) is 1.53. The molecule has 0 heterocycles. The molecule has 0 radical (unpaired) electrons. The Morgan fingerprint density at radius 2 is 1.54 bits per heavy atom. The van der Waals surface area contributed by atoms with Crippen LogP contribution in [0.5, 0.6) is 0 Å². The predicted octanol–water partition coefficient (Wildman–Crippen LogP) is 2.81. The molecule has 0 fully saturated rings. The monoisotopic (exact) mass is 178 g/mol. The normalized spacial score (nSPS) is 15.8. The molecule has 72 valence electrons. The first kappa shape index (κ1) is 10.3. The molecular formula is C12H18O. The number of hydrogen-bond donors (Lipinski definition) is 1. The van der Waals surface area contributed by atoms with E-state index >= 15 is 0 Å². The Bertz CT molecular complexity index is 241. The molecule has 0 amide bonds. The Balaban J connectivity index is 2.73. The van der Waals surface area contributed by atoms with E-state index in [9.17, 15) is 5.11 Å². The fourth-order valence-electron chi connectivity index (χ4n) is 1.53. The number of aliphatic hydroxyl groups excluding tert-OH is 1. The molecular weight excluding hydrogens is 160 g/mol. The third-order valence-corrected chi connectivity index (χ3v) is 2.52. The van der Waals surface area contributed by atoms with Gasteiger partial charge in [0.25, 0.3) is 0 Å². The van der Waals surface area contributed by atoms with E-state index in [1.165, 1.54) is 5.56 Å². The average Bonchev–Trinajstić information content (AvgIpc) is 2.17. The summed E-state index contributed by atoms with van der Waals surface area (Å²) >= 11 is 0. The lowest BCUT2D eigenvalue weighted by molar-refractivity contribution is 0.102. The van der Waals surface area contributed by atoms with Crippen molar-refractivity contribution in [3.63, 3.8) is 0 Å². The highest BCUT2D eigenvalue weighted by molar-refractivity contribution is 5.19. The van der Waals surface area contributed by atoms with Crippen LogP contribution in [-0.2, 0) is 0 Å². The molecule has 0 aliphatic heterocycles. The van der Waals surface area contributed by atoms with Crippen LogP contribution in [0.2, 0.25) is 0 Å². The molecule has 0 bridgehead atoms. The largest absolute Gasteiger partial charge is 0.392 e. The minimum absolute atomic E-state index is 0.223. The first-order valence-electron chi connectivity index (χ1n) is 4.86. The van der Waals surface area contributed by atoms with E-state index in [0.29, 0.717) is 5.92 Å². The van der Waals surface area contributed by atoms with Crippen LogP contribution in [0.1, 0.15) is 32.3 Å². The molecule has 0 unspecified atom stereocenters. The van der Waals surface area contributed by atoms with Crippen LogP contribution < -0.4 is 0 Å². The molecule has 0 aliphatic carbocycles. The zero-order valence-corrected chi connectivity index (χ0v) is 8.57. The van der Waals surface area contributed by atoms with E-state index in [2.05, 4.69) is 19.1 Å². The van der Waals surface area contributed by atoms with Gasteiger partial charge in [-0.1, -0.05) is 51.1 Å². The number of rotatable bonds is 3. The van der Waals surface area contributed by atoms with Gasteiger partial charge in [0.2, 0.25) is 0 Å². The predicted molar refractivity (Wildman–Crippen MR) is 55.7 cm³/mol. The lowest BCUT2D eigenvalue weighted by Crippen LogP contribution is -2.21. The molecule has 0 aliphatic rings. The van der Waals surface area contributed by atoms with E-state index in [1.54, 1.807) is 0 Å². The van der Waals surface area contributed by atoms with Crippen molar-refractivity contribution in [1.29, 1.82) is 0 Å². The van der Waals surface area contributed by atoms with Crippen LogP contribution in [0.25, 0.3) is 0 Å². The molecule has 0 spiro atoms. The van der Waals surface area contributed by atoms with Gasteiger partial charge in [-0.2, -0.15) is 0 Å².